The Morgan fingerprint density at radius 2 is 1.43 bits per heavy atom. The van der Waals surface area contributed by atoms with E-state index in [0.29, 0.717) is 46.3 Å². The van der Waals surface area contributed by atoms with E-state index in [-0.39, 0.29) is 62.1 Å². The van der Waals surface area contributed by atoms with Crippen molar-refractivity contribution >= 4 is 45.6 Å². The average molecular weight is 840 g/mol. The molecule has 2 aromatic carbocycles. The SMILES string of the molecule is CCCC(NC(=O)C(C)NC)C(=O)N1CC(F)CC1Cc1c(-c2nc3cc(F)ccc3n2CC2CC(F)CN2C(=O)C(NC(=O)C(C)NC)C(C)C)[nH]c2cc(F)ccc12. The lowest BCUT2D eigenvalue weighted by atomic mass is 9.99. The number of carbonyl (C=O) groups excluding carboxylic acids is 4. The van der Waals surface area contributed by atoms with Gasteiger partial charge in [0, 0.05) is 42.4 Å². The van der Waals surface area contributed by atoms with Crippen molar-refractivity contribution in [3.8, 4) is 11.5 Å². The quantitative estimate of drug-likeness (QED) is 0.104. The number of halogens is 4. The van der Waals surface area contributed by atoms with E-state index in [0.717, 1.165) is 0 Å². The number of rotatable bonds is 16. The van der Waals surface area contributed by atoms with Crippen molar-refractivity contribution in [2.75, 3.05) is 27.2 Å². The fourth-order valence-corrected chi connectivity index (χ4v) is 8.46. The van der Waals surface area contributed by atoms with Crippen LogP contribution in [0.15, 0.2) is 36.4 Å². The first kappa shape index (κ1) is 44.5. The molecule has 13 nitrogen and oxygen atoms in total. The molecular weight excluding hydrogens is 783 g/mol. The second-order valence-corrected chi connectivity index (χ2v) is 16.6. The lowest BCUT2D eigenvalue weighted by Gasteiger charge is -2.32. The van der Waals surface area contributed by atoms with Gasteiger partial charge in [-0.05, 0) is 82.6 Å². The number of aromatic amines is 1. The van der Waals surface area contributed by atoms with Crippen LogP contribution in [0.1, 0.15) is 65.9 Å². The minimum absolute atomic E-state index is 0.0118. The standard InChI is InChI=1S/C43H57F4N9O4/c1-8-9-33(52-40(57)23(4)48-6)42(59)54-19-27(46)14-29(54)18-32-31-12-10-25(44)16-34(31)50-38(32)39-51-35-17-26(45)11-13-36(35)56(39)21-30-15-28(47)20-55(30)43(60)37(22(2)3)53-41(58)24(5)49-7/h10-13,16-17,22-24,27-30,33,37,48-50H,8-9,14-15,18-21H2,1-7H3,(H,52,57)(H,53,58). The van der Waals surface area contributed by atoms with Gasteiger partial charge in [0.05, 0.1) is 47.9 Å². The number of imidazole rings is 1. The van der Waals surface area contributed by atoms with E-state index in [1.807, 2.05) is 6.92 Å². The number of likely N-dealkylation sites (tertiary alicyclic amines) is 2. The molecule has 0 spiro atoms. The van der Waals surface area contributed by atoms with Crippen LogP contribution in [0, 0.1) is 17.6 Å². The monoisotopic (exact) mass is 839 g/mol. The van der Waals surface area contributed by atoms with Crippen molar-refractivity contribution in [1.82, 2.24) is 45.6 Å². The summed E-state index contributed by atoms with van der Waals surface area (Å²) in [6, 6.07) is 4.01. The van der Waals surface area contributed by atoms with Crippen LogP contribution in [0.5, 0.6) is 0 Å². The van der Waals surface area contributed by atoms with E-state index < -0.39 is 72.0 Å². The molecule has 0 aliphatic carbocycles. The van der Waals surface area contributed by atoms with E-state index in [2.05, 4.69) is 26.3 Å². The van der Waals surface area contributed by atoms with Gasteiger partial charge in [0.1, 0.15) is 36.1 Å². The largest absolute Gasteiger partial charge is 0.352 e. The van der Waals surface area contributed by atoms with Crippen LogP contribution in [0.2, 0.25) is 0 Å². The summed E-state index contributed by atoms with van der Waals surface area (Å²) in [6.07, 6.45) is -1.65. The highest BCUT2D eigenvalue weighted by atomic mass is 19.1. The third-order valence-corrected chi connectivity index (χ3v) is 12.0. The Labute approximate surface area is 347 Å². The normalized spacial score (nSPS) is 21.5. The lowest BCUT2D eigenvalue weighted by molar-refractivity contribution is -0.139. The van der Waals surface area contributed by atoms with Gasteiger partial charge >= 0.3 is 0 Å². The van der Waals surface area contributed by atoms with Gasteiger partial charge in [-0.2, -0.15) is 0 Å². The summed E-state index contributed by atoms with van der Waals surface area (Å²) in [5, 5.41) is 12.0. The van der Waals surface area contributed by atoms with Crippen LogP contribution in [-0.2, 0) is 32.1 Å². The zero-order valence-corrected chi connectivity index (χ0v) is 35.3. The number of amides is 4. The van der Waals surface area contributed by atoms with Gasteiger partial charge < -0.3 is 40.6 Å². The van der Waals surface area contributed by atoms with Crippen LogP contribution >= 0.6 is 0 Å². The van der Waals surface area contributed by atoms with E-state index in [9.17, 15) is 28.0 Å². The van der Waals surface area contributed by atoms with Crippen molar-refractivity contribution in [1.29, 1.82) is 0 Å². The van der Waals surface area contributed by atoms with Crippen LogP contribution in [-0.4, -0.2) is 124 Å². The van der Waals surface area contributed by atoms with Crippen molar-refractivity contribution < 1.29 is 36.7 Å². The molecule has 0 bridgehead atoms. The zero-order chi connectivity index (χ0) is 43.6. The summed E-state index contributed by atoms with van der Waals surface area (Å²) >= 11 is 0. The molecule has 2 fully saturated rings. The number of nitrogens with zero attached hydrogens (tertiary/aromatic N) is 4. The molecule has 2 aliphatic rings. The number of hydrogen-bond acceptors (Lipinski definition) is 7. The van der Waals surface area contributed by atoms with E-state index in [1.165, 1.54) is 34.1 Å². The molecule has 2 aliphatic heterocycles. The number of benzene rings is 2. The lowest BCUT2D eigenvalue weighted by Crippen LogP contribution is -2.55. The molecule has 2 saturated heterocycles. The molecule has 4 heterocycles. The van der Waals surface area contributed by atoms with E-state index >= 15 is 8.78 Å². The van der Waals surface area contributed by atoms with E-state index in [4.69, 9.17) is 4.98 Å². The molecule has 4 amide bonds. The Morgan fingerprint density at radius 1 is 0.833 bits per heavy atom. The number of carbonyl (C=O) groups is 4. The maximum Gasteiger partial charge on any atom is 0.245 e. The summed E-state index contributed by atoms with van der Waals surface area (Å²) in [6.45, 7) is 8.50. The third-order valence-electron chi connectivity index (χ3n) is 12.0. The predicted octanol–water partition coefficient (Wildman–Crippen LogP) is 4.52. The van der Waals surface area contributed by atoms with Crippen molar-refractivity contribution in [2.24, 2.45) is 5.92 Å². The number of nitrogens with one attached hydrogen (secondary N) is 5. The van der Waals surface area contributed by atoms with Crippen LogP contribution < -0.4 is 21.3 Å². The predicted molar refractivity (Wildman–Crippen MR) is 221 cm³/mol. The number of fused-ring (bicyclic) bond motifs is 2. The fraction of sp³-hybridized carbons (Fsp3) is 0.558. The number of H-pyrrole nitrogens is 1. The summed E-state index contributed by atoms with van der Waals surface area (Å²) in [4.78, 5) is 65.2. The van der Waals surface area contributed by atoms with Crippen molar-refractivity contribution in [3.63, 3.8) is 0 Å². The molecule has 326 valence electrons. The molecule has 17 heteroatoms. The zero-order valence-electron chi connectivity index (χ0n) is 35.3. The Balaban J connectivity index is 1.41. The highest BCUT2D eigenvalue weighted by Gasteiger charge is 2.42. The Morgan fingerprint density at radius 3 is 2.07 bits per heavy atom. The first-order valence-corrected chi connectivity index (χ1v) is 20.9. The molecule has 5 N–H and O–H groups in total. The number of hydrogen-bond donors (Lipinski definition) is 5. The number of aromatic nitrogens is 3. The third kappa shape index (κ3) is 9.31. The van der Waals surface area contributed by atoms with Gasteiger partial charge in [-0.15, -0.1) is 0 Å². The van der Waals surface area contributed by atoms with Crippen molar-refractivity contribution in [2.45, 2.75) is 122 Å². The molecule has 60 heavy (non-hydrogen) atoms. The smallest absolute Gasteiger partial charge is 0.245 e. The van der Waals surface area contributed by atoms with Gasteiger partial charge in [0.25, 0.3) is 0 Å². The maximum absolute atomic E-state index is 15.5. The average Bonchev–Trinajstić information content (AvgIpc) is 3.97. The Bertz CT molecular complexity index is 2210. The van der Waals surface area contributed by atoms with Gasteiger partial charge in [0.15, 0.2) is 5.82 Å². The van der Waals surface area contributed by atoms with Gasteiger partial charge in [0.2, 0.25) is 23.6 Å². The molecule has 4 aromatic rings. The van der Waals surface area contributed by atoms with Gasteiger partial charge in [-0.1, -0.05) is 27.2 Å². The summed E-state index contributed by atoms with van der Waals surface area (Å²) < 4.78 is 62.3. The first-order chi connectivity index (χ1) is 28.5. The minimum Gasteiger partial charge on any atom is -0.352 e. The molecule has 6 rings (SSSR count). The second kappa shape index (κ2) is 18.7. The summed E-state index contributed by atoms with van der Waals surface area (Å²) in [5.41, 5.74) is 2.18. The fourth-order valence-electron chi connectivity index (χ4n) is 8.46. The number of alkyl halides is 2. The Kier molecular flexibility index (Phi) is 13.9. The molecular formula is C43H57F4N9O4. The molecule has 8 atom stereocenters. The summed E-state index contributed by atoms with van der Waals surface area (Å²) in [7, 11) is 3.27. The topological polar surface area (TPSA) is 156 Å². The maximum atomic E-state index is 15.5. The Hall–Kier alpha value is -5.03. The van der Waals surface area contributed by atoms with Gasteiger partial charge in [-0.3, -0.25) is 19.2 Å². The summed E-state index contributed by atoms with van der Waals surface area (Å²) in [5.74, 6) is -2.66. The van der Waals surface area contributed by atoms with Crippen LogP contribution in [0.3, 0.4) is 0 Å². The second-order valence-electron chi connectivity index (χ2n) is 16.6. The van der Waals surface area contributed by atoms with Crippen molar-refractivity contribution in [3.05, 3.63) is 53.6 Å². The molecule has 2 aromatic heterocycles. The van der Waals surface area contributed by atoms with Gasteiger partial charge in [-0.25, -0.2) is 22.5 Å². The van der Waals surface area contributed by atoms with Crippen LogP contribution in [0.25, 0.3) is 33.5 Å². The minimum atomic E-state index is -1.36. The molecule has 8 unspecified atom stereocenters. The highest BCUT2D eigenvalue weighted by molar-refractivity contribution is 5.93. The molecule has 0 radical (unpaired) electrons. The molecule has 0 saturated carbocycles. The number of likely N-dealkylation sites (N-methyl/N-ethyl adjacent to an activating group) is 2. The van der Waals surface area contributed by atoms with Crippen LogP contribution in [0.4, 0.5) is 17.6 Å². The highest BCUT2D eigenvalue weighted by Crippen LogP contribution is 2.37. The first-order valence-electron chi connectivity index (χ1n) is 20.9. The van der Waals surface area contributed by atoms with E-state index in [1.54, 1.807) is 58.5 Å².